The van der Waals surface area contributed by atoms with Gasteiger partial charge in [0.05, 0.1) is 6.20 Å². The molecule has 2 rings (SSSR count). The van der Waals surface area contributed by atoms with E-state index >= 15 is 0 Å². The van der Waals surface area contributed by atoms with Crippen molar-refractivity contribution in [2.75, 3.05) is 0 Å². The molecule has 0 aliphatic heterocycles. The van der Waals surface area contributed by atoms with Gasteiger partial charge in [-0.25, -0.2) is 0 Å². The Balaban J connectivity index is 1.95. The zero-order valence-electron chi connectivity index (χ0n) is 9.76. The van der Waals surface area contributed by atoms with Gasteiger partial charge in [-0.15, -0.1) is 5.10 Å². The predicted octanol–water partition coefficient (Wildman–Crippen LogP) is 2.66. The number of benzene rings is 1. The fraction of sp³-hybridized carbons (Fsp3) is 0.250. The van der Waals surface area contributed by atoms with Crippen LogP contribution in [0.15, 0.2) is 34.9 Å². The Hall–Kier alpha value is -1.27. The van der Waals surface area contributed by atoms with Crippen LogP contribution in [0.2, 0.25) is 0 Å². The van der Waals surface area contributed by atoms with E-state index in [-0.39, 0.29) is 11.9 Å². The molecule has 94 valence electrons. The van der Waals surface area contributed by atoms with Crippen molar-refractivity contribution in [2.45, 2.75) is 19.4 Å². The van der Waals surface area contributed by atoms with Crippen LogP contribution < -0.4 is 5.32 Å². The number of carbonyl (C=O) groups excluding carboxylic acids is 1. The predicted molar refractivity (Wildman–Crippen MR) is 74.7 cm³/mol. The molecule has 1 amide bonds. The van der Waals surface area contributed by atoms with Gasteiger partial charge in [-0.1, -0.05) is 38.6 Å². The Labute approximate surface area is 118 Å². The third-order valence-corrected chi connectivity index (χ3v) is 3.88. The summed E-state index contributed by atoms with van der Waals surface area (Å²) < 4.78 is 4.73. The molecule has 1 N–H and O–H groups in total. The van der Waals surface area contributed by atoms with Gasteiger partial charge < -0.3 is 5.32 Å². The number of aromatic nitrogens is 2. The Morgan fingerprint density at radius 3 is 2.94 bits per heavy atom. The number of nitrogens with zero attached hydrogens (tertiary/aromatic N) is 2. The third kappa shape index (κ3) is 3.36. The monoisotopic (exact) mass is 325 g/mol. The van der Waals surface area contributed by atoms with Crippen LogP contribution in [0.25, 0.3) is 0 Å². The van der Waals surface area contributed by atoms with E-state index in [4.69, 9.17) is 0 Å². The minimum Gasteiger partial charge on any atom is -0.348 e. The van der Waals surface area contributed by atoms with Gasteiger partial charge in [0.2, 0.25) is 0 Å². The van der Waals surface area contributed by atoms with E-state index in [2.05, 4.69) is 30.8 Å². The van der Waals surface area contributed by atoms with Crippen LogP contribution in [-0.2, 0) is 6.42 Å². The Kier molecular flexibility index (Phi) is 4.43. The van der Waals surface area contributed by atoms with E-state index in [1.807, 2.05) is 31.2 Å². The first kappa shape index (κ1) is 13.2. The minimum absolute atomic E-state index is 0.0540. The molecule has 4 nitrogen and oxygen atoms in total. The quantitative estimate of drug-likeness (QED) is 0.940. The second-order valence-electron chi connectivity index (χ2n) is 3.95. The van der Waals surface area contributed by atoms with Crippen molar-refractivity contribution in [1.29, 1.82) is 0 Å². The van der Waals surface area contributed by atoms with Crippen LogP contribution in [0.4, 0.5) is 0 Å². The SMILES string of the molecule is C[C@H](Cc1ccccc1Br)NC(=O)c1cnns1. The summed E-state index contributed by atoms with van der Waals surface area (Å²) in [7, 11) is 0. The number of hydrogen-bond acceptors (Lipinski definition) is 4. The van der Waals surface area contributed by atoms with Gasteiger partial charge in [-0.2, -0.15) is 0 Å². The first-order chi connectivity index (χ1) is 8.66. The maximum absolute atomic E-state index is 11.8. The summed E-state index contributed by atoms with van der Waals surface area (Å²) in [6, 6.07) is 8.05. The molecule has 2 aromatic rings. The van der Waals surface area contributed by atoms with E-state index in [0.717, 1.165) is 22.4 Å². The summed E-state index contributed by atoms with van der Waals surface area (Å²) in [6.07, 6.45) is 2.25. The van der Waals surface area contributed by atoms with Crippen molar-refractivity contribution in [2.24, 2.45) is 0 Å². The number of amides is 1. The number of hydrogen-bond donors (Lipinski definition) is 1. The highest BCUT2D eigenvalue weighted by Crippen LogP contribution is 2.17. The van der Waals surface area contributed by atoms with E-state index in [1.165, 1.54) is 11.8 Å². The van der Waals surface area contributed by atoms with Crippen molar-refractivity contribution in [3.05, 3.63) is 45.4 Å². The molecule has 1 aromatic carbocycles. The smallest absolute Gasteiger partial charge is 0.264 e. The molecule has 0 radical (unpaired) electrons. The molecule has 6 heteroatoms. The van der Waals surface area contributed by atoms with Crippen molar-refractivity contribution < 1.29 is 4.79 Å². The molecule has 0 saturated heterocycles. The lowest BCUT2D eigenvalue weighted by Gasteiger charge is -2.13. The van der Waals surface area contributed by atoms with E-state index in [9.17, 15) is 4.79 Å². The van der Waals surface area contributed by atoms with Crippen molar-refractivity contribution >= 4 is 33.4 Å². The van der Waals surface area contributed by atoms with Gasteiger partial charge in [0.1, 0.15) is 4.88 Å². The van der Waals surface area contributed by atoms with Crippen molar-refractivity contribution in [3.8, 4) is 0 Å². The first-order valence-corrected chi connectivity index (χ1v) is 7.05. The lowest BCUT2D eigenvalue weighted by molar-refractivity contribution is 0.0944. The summed E-state index contributed by atoms with van der Waals surface area (Å²) in [6.45, 7) is 1.98. The summed E-state index contributed by atoms with van der Waals surface area (Å²) in [5, 5.41) is 6.58. The fourth-order valence-electron chi connectivity index (χ4n) is 1.61. The maximum atomic E-state index is 11.8. The summed E-state index contributed by atoms with van der Waals surface area (Å²) in [4.78, 5) is 12.3. The van der Waals surface area contributed by atoms with E-state index < -0.39 is 0 Å². The molecule has 0 fully saturated rings. The van der Waals surface area contributed by atoms with Crippen LogP contribution in [-0.4, -0.2) is 21.5 Å². The molecule has 0 unspecified atom stereocenters. The third-order valence-electron chi connectivity index (χ3n) is 2.45. The van der Waals surface area contributed by atoms with Crippen molar-refractivity contribution in [3.63, 3.8) is 0 Å². The van der Waals surface area contributed by atoms with Gasteiger partial charge in [0.25, 0.3) is 5.91 Å². The molecule has 1 heterocycles. The highest BCUT2D eigenvalue weighted by atomic mass is 79.9. The topological polar surface area (TPSA) is 54.9 Å². The Morgan fingerprint density at radius 1 is 1.50 bits per heavy atom. The molecule has 18 heavy (non-hydrogen) atoms. The Bertz CT molecular complexity index is 530. The minimum atomic E-state index is -0.121. The van der Waals surface area contributed by atoms with Crippen LogP contribution in [0.5, 0.6) is 0 Å². The number of carbonyl (C=O) groups is 1. The van der Waals surface area contributed by atoms with Crippen molar-refractivity contribution in [1.82, 2.24) is 14.9 Å². The standard InChI is InChI=1S/C12H12BrN3OS/c1-8(6-9-4-2-3-5-10(9)13)15-12(17)11-7-14-16-18-11/h2-5,7-8H,6H2,1H3,(H,15,17)/t8-/m1/s1. The zero-order valence-corrected chi connectivity index (χ0v) is 12.2. The molecular weight excluding hydrogens is 314 g/mol. The normalized spacial score (nSPS) is 12.1. The highest BCUT2D eigenvalue weighted by molar-refractivity contribution is 9.10. The highest BCUT2D eigenvalue weighted by Gasteiger charge is 2.13. The number of rotatable bonds is 4. The second kappa shape index (κ2) is 6.06. The molecule has 1 aromatic heterocycles. The average molecular weight is 326 g/mol. The molecule has 0 aliphatic rings. The molecule has 0 aliphatic carbocycles. The van der Waals surface area contributed by atoms with E-state index in [1.54, 1.807) is 0 Å². The molecular formula is C12H12BrN3OS. The number of nitrogens with one attached hydrogen (secondary N) is 1. The van der Waals surface area contributed by atoms with Crippen LogP contribution >= 0.6 is 27.5 Å². The second-order valence-corrected chi connectivity index (χ2v) is 5.59. The largest absolute Gasteiger partial charge is 0.348 e. The first-order valence-electron chi connectivity index (χ1n) is 5.48. The lowest BCUT2D eigenvalue weighted by Crippen LogP contribution is -2.33. The molecule has 0 spiro atoms. The van der Waals surface area contributed by atoms with Crippen LogP contribution in [0.3, 0.4) is 0 Å². The summed E-state index contributed by atoms with van der Waals surface area (Å²) in [5.74, 6) is -0.121. The fourth-order valence-corrected chi connectivity index (χ4v) is 2.47. The van der Waals surface area contributed by atoms with Gasteiger partial charge >= 0.3 is 0 Å². The number of halogens is 1. The molecule has 1 atom stereocenters. The maximum Gasteiger partial charge on any atom is 0.264 e. The summed E-state index contributed by atoms with van der Waals surface area (Å²) in [5.41, 5.74) is 1.17. The van der Waals surface area contributed by atoms with Gasteiger partial charge in [-0.3, -0.25) is 4.79 Å². The van der Waals surface area contributed by atoms with Gasteiger partial charge in [0, 0.05) is 10.5 Å². The average Bonchev–Trinajstić information content (AvgIpc) is 2.85. The van der Waals surface area contributed by atoms with E-state index in [0.29, 0.717) is 4.88 Å². The van der Waals surface area contributed by atoms with Gasteiger partial charge in [-0.05, 0) is 36.5 Å². The summed E-state index contributed by atoms with van der Waals surface area (Å²) >= 11 is 4.60. The van der Waals surface area contributed by atoms with Crippen LogP contribution in [0, 0.1) is 0 Å². The van der Waals surface area contributed by atoms with Crippen LogP contribution in [0.1, 0.15) is 22.2 Å². The lowest BCUT2D eigenvalue weighted by atomic mass is 10.1. The Morgan fingerprint density at radius 2 is 2.28 bits per heavy atom. The molecule has 0 bridgehead atoms. The molecule has 0 saturated carbocycles. The van der Waals surface area contributed by atoms with Gasteiger partial charge in [0.15, 0.2) is 0 Å². The zero-order chi connectivity index (χ0) is 13.0.